The molecule has 2 aromatic heterocycles. The first-order valence-electron chi connectivity index (χ1n) is 10.9. The van der Waals surface area contributed by atoms with Gasteiger partial charge in [-0.25, -0.2) is 4.68 Å². The Hall–Kier alpha value is -4.01. The summed E-state index contributed by atoms with van der Waals surface area (Å²) >= 11 is 0. The summed E-state index contributed by atoms with van der Waals surface area (Å²) in [5.74, 6) is 1.78. The molecule has 1 aliphatic heterocycles. The van der Waals surface area contributed by atoms with Gasteiger partial charge in [0.25, 0.3) is 5.89 Å². The lowest BCUT2D eigenvalue weighted by atomic mass is 10.1. The molecule has 0 radical (unpaired) electrons. The van der Waals surface area contributed by atoms with E-state index in [4.69, 9.17) is 9.26 Å². The van der Waals surface area contributed by atoms with Gasteiger partial charge in [-0.15, -0.1) is 5.10 Å². The Balaban J connectivity index is 1.19. The predicted octanol–water partition coefficient (Wildman–Crippen LogP) is 3.41. The van der Waals surface area contributed by atoms with Crippen LogP contribution in [0.25, 0.3) is 23.0 Å². The fourth-order valence-corrected chi connectivity index (χ4v) is 4.01. The molecule has 0 aliphatic carbocycles. The first kappa shape index (κ1) is 20.9. The number of carbonyl (C=O) groups excluding carboxylic acids is 1. The predicted molar refractivity (Wildman–Crippen MR) is 120 cm³/mol. The van der Waals surface area contributed by atoms with Crippen LogP contribution in [-0.4, -0.2) is 56.1 Å². The van der Waals surface area contributed by atoms with E-state index in [1.165, 1.54) is 0 Å². The van der Waals surface area contributed by atoms with Gasteiger partial charge in [0.05, 0.1) is 19.3 Å². The van der Waals surface area contributed by atoms with Crippen molar-refractivity contribution in [3.63, 3.8) is 0 Å². The largest absolute Gasteiger partial charge is 0.497 e. The van der Waals surface area contributed by atoms with E-state index in [1.54, 1.807) is 18.0 Å². The number of aromatic nitrogens is 5. The van der Waals surface area contributed by atoms with Crippen LogP contribution in [0.5, 0.6) is 5.75 Å². The normalized spacial score (nSPS) is 15.7. The van der Waals surface area contributed by atoms with E-state index in [0.29, 0.717) is 43.3 Å². The molecule has 1 fully saturated rings. The van der Waals surface area contributed by atoms with E-state index in [2.05, 4.69) is 20.5 Å². The van der Waals surface area contributed by atoms with Crippen molar-refractivity contribution in [2.45, 2.75) is 25.3 Å². The Morgan fingerprint density at radius 2 is 2.06 bits per heavy atom. The molecule has 33 heavy (non-hydrogen) atoms. The molecule has 9 heteroatoms. The third-order valence-electron chi connectivity index (χ3n) is 5.84. The van der Waals surface area contributed by atoms with Crippen LogP contribution in [0.15, 0.2) is 65.3 Å². The van der Waals surface area contributed by atoms with Crippen molar-refractivity contribution in [1.82, 2.24) is 30.0 Å². The molecule has 1 aliphatic rings. The number of carbonyl (C=O) groups is 1. The number of benzene rings is 2. The molecule has 0 spiro atoms. The van der Waals surface area contributed by atoms with Crippen molar-refractivity contribution in [1.29, 1.82) is 0 Å². The standard InChI is InChI=1S/C24H24N6O3/c1-32-20-9-5-6-17(14-20)10-11-22(31)29-13-12-19(15-29)30-16-21(26-28-30)24-25-23(27-33-24)18-7-3-2-4-8-18/h2-9,14,16,19H,10-13,15H2,1H3/t19-/m1/s1. The molecule has 2 aromatic carbocycles. The summed E-state index contributed by atoms with van der Waals surface area (Å²) in [5, 5.41) is 12.5. The summed E-state index contributed by atoms with van der Waals surface area (Å²) in [7, 11) is 1.64. The molecule has 0 bridgehead atoms. The molecule has 168 valence electrons. The maximum absolute atomic E-state index is 12.7. The Labute approximate surface area is 191 Å². The molecular formula is C24H24N6O3. The molecule has 1 atom stereocenters. The molecule has 3 heterocycles. The van der Waals surface area contributed by atoms with E-state index < -0.39 is 0 Å². The van der Waals surface area contributed by atoms with Crippen molar-refractivity contribution in [2.24, 2.45) is 0 Å². The second-order valence-corrected chi connectivity index (χ2v) is 8.01. The van der Waals surface area contributed by atoms with Gasteiger partial charge < -0.3 is 14.2 Å². The van der Waals surface area contributed by atoms with Gasteiger partial charge in [0.2, 0.25) is 11.7 Å². The van der Waals surface area contributed by atoms with Gasteiger partial charge in [-0.1, -0.05) is 52.8 Å². The second-order valence-electron chi connectivity index (χ2n) is 8.01. The van der Waals surface area contributed by atoms with Crippen LogP contribution in [0.4, 0.5) is 0 Å². The molecule has 4 aromatic rings. The molecule has 1 amide bonds. The summed E-state index contributed by atoms with van der Waals surface area (Å²) in [4.78, 5) is 19.1. The van der Waals surface area contributed by atoms with Crippen LogP contribution in [0.2, 0.25) is 0 Å². The highest BCUT2D eigenvalue weighted by atomic mass is 16.5. The van der Waals surface area contributed by atoms with Crippen molar-refractivity contribution < 1.29 is 14.1 Å². The van der Waals surface area contributed by atoms with Crippen molar-refractivity contribution in [2.75, 3.05) is 20.2 Å². The summed E-state index contributed by atoms with van der Waals surface area (Å²) < 4.78 is 12.4. The van der Waals surface area contributed by atoms with Crippen molar-refractivity contribution in [3.8, 4) is 28.7 Å². The fraction of sp³-hybridized carbons (Fsp3) is 0.292. The van der Waals surface area contributed by atoms with Gasteiger partial charge in [0.15, 0.2) is 5.69 Å². The molecule has 1 saturated heterocycles. The topological polar surface area (TPSA) is 99.2 Å². The number of likely N-dealkylation sites (tertiary alicyclic amines) is 1. The van der Waals surface area contributed by atoms with E-state index in [-0.39, 0.29) is 11.9 Å². The number of rotatable bonds is 7. The summed E-state index contributed by atoms with van der Waals surface area (Å²) in [6.07, 6.45) is 3.78. The second kappa shape index (κ2) is 9.23. The summed E-state index contributed by atoms with van der Waals surface area (Å²) in [6, 6.07) is 17.5. The summed E-state index contributed by atoms with van der Waals surface area (Å²) in [5.41, 5.74) is 2.49. The van der Waals surface area contributed by atoms with E-state index in [0.717, 1.165) is 23.3 Å². The van der Waals surface area contributed by atoms with Crippen LogP contribution in [0, 0.1) is 0 Å². The SMILES string of the molecule is COc1cccc(CCC(=O)N2CC[C@@H](n3cc(-c4nc(-c5ccccc5)no4)nn3)C2)c1. The smallest absolute Gasteiger partial charge is 0.280 e. The Morgan fingerprint density at radius 3 is 2.91 bits per heavy atom. The van der Waals surface area contributed by atoms with E-state index >= 15 is 0 Å². The van der Waals surface area contributed by atoms with Gasteiger partial charge in [-0.3, -0.25) is 4.79 Å². The van der Waals surface area contributed by atoms with E-state index in [1.807, 2.05) is 59.5 Å². The van der Waals surface area contributed by atoms with Gasteiger partial charge in [-0.2, -0.15) is 4.98 Å². The summed E-state index contributed by atoms with van der Waals surface area (Å²) in [6.45, 7) is 1.31. The number of amides is 1. The molecule has 0 saturated carbocycles. The van der Waals surface area contributed by atoms with Crippen molar-refractivity contribution in [3.05, 3.63) is 66.4 Å². The Bertz CT molecular complexity index is 1240. The lowest BCUT2D eigenvalue weighted by molar-refractivity contribution is -0.130. The molecular weight excluding hydrogens is 420 g/mol. The van der Waals surface area contributed by atoms with Crippen molar-refractivity contribution >= 4 is 5.91 Å². The average molecular weight is 444 g/mol. The Kier molecular flexibility index (Phi) is 5.84. The molecule has 0 N–H and O–H groups in total. The van der Waals surface area contributed by atoms with Crippen LogP contribution in [0.1, 0.15) is 24.4 Å². The first-order valence-corrected chi connectivity index (χ1v) is 10.9. The number of methoxy groups -OCH3 is 1. The highest BCUT2D eigenvalue weighted by Gasteiger charge is 2.28. The van der Waals surface area contributed by atoms with Crippen LogP contribution in [-0.2, 0) is 11.2 Å². The maximum Gasteiger partial charge on any atom is 0.280 e. The van der Waals surface area contributed by atoms with E-state index in [9.17, 15) is 4.79 Å². The minimum atomic E-state index is 0.0727. The van der Waals surface area contributed by atoms with Gasteiger partial charge >= 0.3 is 0 Å². The molecule has 5 rings (SSSR count). The minimum absolute atomic E-state index is 0.0727. The minimum Gasteiger partial charge on any atom is -0.497 e. The number of nitrogens with zero attached hydrogens (tertiary/aromatic N) is 6. The highest BCUT2D eigenvalue weighted by molar-refractivity contribution is 5.76. The number of hydrogen-bond donors (Lipinski definition) is 0. The van der Waals surface area contributed by atoms with Crippen LogP contribution < -0.4 is 4.74 Å². The highest BCUT2D eigenvalue weighted by Crippen LogP contribution is 2.25. The van der Waals surface area contributed by atoms with Crippen LogP contribution in [0.3, 0.4) is 0 Å². The third-order valence-corrected chi connectivity index (χ3v) is 5.84. The zero-order valence-electron chi connectivity index (χ0n) is 18.3. The Morgan fingerprint density at radius 1 is 1.18 bits per heavy atom. The van der Waals surface area contributed by atoms with Gasteiger partial charge in [-0.05, 0) is 30.5 Å². The molecule has 0 unspecified atom stereocenters. The average Bonchev–Trinajstić information content (AvgIpc) is 3.63. The molecule has 9 nitrogen and oxygen atoms in total. The first-order chi connectivity index (χ1) is 16.2. The van der Waals surface area contributed by atoms with Gasteiger partial charge in [0, 0.05) is 25.1 Å². The van der Waals surface area contributed by atoms with Gasteiger partial charge in [0.1, 0.15) is 5.75 Å². The number of ether oxygens (including phenoxy) is 1. The zero-order chi connectivity index (χ0) is 22.6. The lowest BCUT2D eigenvalue weighted by Gasteiger charge is -2.16. The third kappa shape index (κ3) is 4.62. The number of aryl methyl sites for hydroxylation is 1. The number of hydrogen-bond acceptors (Lipinski definition) is 7. The maximum atomic E-state index is 12.7. The fourth-order valence-electron chi connectivity index (χ4n) is 4.01. The quantitative estimate of drug-likeness (QED) is 0.431. The van der Waals surface area contributed by atoms with Crippen LogP contribution >= 0.6 is 0 Å². The monoisotopic (exact) mass is 444 g/mol. The lowest BCUT2D eigenvalue weighted by Crippen LogP contribution is -2.29. The zero-order valence-corrected chi connectivity index (χ0v) is 18.3.